The van der Waals surface area contributed by atoms with Crippen molar-refractivity contribution >= 4 is 28.5 Å². The minimum absolute atomic E-state index is 0.340. The van der Waals surface area contributed by atoms with Crippen molar-refractivity contribution in [2.45, 2.75) is 13.0 Å². The Labute approximate surface area is 128 Å². The fraction of sp³-hybridized carbons (Fsp3) is 0.267. The predicted octanol–water partition coefficient (Wildman–Crippen LogP) is 3.15. The van der Waals surface area contributed by atoms with E-state index >= 15 is 0 Å². The van der Waals surface area contributed by atoms with Crippen LogP contribution in [-0.2, 0) is 17.8 Å². The third kappa shape index (κ3) is 4.03. The number of ether oxygens (including phenoxy) is 2. The second-order valence-corrected chi connectivity index (χ2v) is 5.75. The van der Waals surface area contributed by atoms with Gasteiger partial charge in [-0.1, -0.05) is 24.4 Å². The molecule has 0 bridgehead atoms. The van der Waals surface area contributed by atoms with Gasteiger partial charge in [0.05, 0.1) is 25.9 Å². The highest BCUT2D eigenvalue weighted by Crippen LogP contribution is 2.20. The summed E-state index contributed by atoms with van der Waals surface area (Å²) in [5.41, 5.74) is 7.44. The molecule has 0 atom stereocenters. The van der Waals surface area contributed by atoms with Crippen molar-refractivity contribution in [2.24, 2.45) is 5.73 Å². The fourth-order valence-electron chi connectivity index (χ4n) is 1.85. The molecule has 0 spiro atoms. The van der Waals surface area contributed by atoms with E-state index in [1.165, 1.54) is 4.88 Å². The molecule has 0 saturated carbocycles. The van der Waals surface area contributed by atoms with E-state index in [9.17, 15) is 0 Å². The second-order valence-electron chi connectivity index (χ2n) is 4.28. The first-order chi connectivity index (χ1) is 9.70. The average molecular weight is 307 g/mol. The molecule has 1 heterocycles. The first-order valence-corrected chi connectivity index (χ1v) is 7.56. The lowest BCUT2D eigenvalue weighted by molar-refractivity contribution is 0.124. The van der Waals surface area contributed by atoms with Crippen molar-refractivity contribution in [1.82, 2.24) is 0 Å². The van der Waals surface area contributed by atoms with Crippen LogP contribution in [0.2, 0.25) is 0 Å². The Morgan fingerprint density at radius 3 is 2.85 bits per heavy atom. The number of benzene rings is 1. The fourth-order valence-corrected chi connectivity index (χ4v) is 2.71. The van der Waals surface area contributed by atoms with Crippen LogP contribution in [0.3, 0.4) is 0 Å². The summed E-state index contributed by atoms with van der Waals surface area (Å²) in [6.07, 6.45) is 0.944. The monoisotopic (exact) mass is 307 g/mol. The molecule has 0 saturated heterocycles. The van der Waals surface area contributed by atoms with E-state index in [1.54, 1.807) is 18.4 Å². The molecule has 0 radical (unpaired) electrons. The van der Waals surface area contributed by atoms with Crippen LogP contribution in [0.25, 0.3) is 0 Å². The molecule has 0 aliphatic rings. The van der Waals surface area contributed by atoms with Gasteiger partial charge in [0.1, 0.15) is 10.7 Å². The topological polar surface area (TPSA) is 44.5 Å². The minimum Gasteiger partial charge on any atom is -0.496 e. The lowest BCUT2D eigenvalue weighted by Crippen LogP contribution is -2.11. The molecule has 0 unspecified atom stereocenters. The summed E-state index contributed by atoms with van der Waals surface area (Å²) in [5, 5.41) is 2.08. The van der Waals surface area contributed by atoms with E-state index < -0.39 is 0 Å². The quantitative estimate of drug-likeness (QED) is 0.630. The molecule has 106 valence electrons. The third-order valence-corrected chi connectivity index (χ3v) is 4.03. The Morgan fingerprint density at radius 1 is 1.35 bits per heavy atom. The smallest absolute Gasteiger partial charge is 0.129 e. The van der Waals surface area contributed by atoms with E-state index in [1.807, 2.05) is 18.2 Å². The largest absolute Gasteiger partial charge is 0.496 e. The normalized spacial score (nSPS) is 10.4. The molecular formula is C15H17NO2S2. The van der Waals surface area contributed by atoms with Gasteiger partial charge in [0, 0.05) is 11.3 Å². The molecule has 20 heavy (non-hydrogen) atoms. The van der Waals surface area contributed by atoms with Crippen LogP contribution >= 0.6 is 23.6 Å². The second kappa shape index (κ2) is 7.38. The highest BCUT2D eigenvalue weighted by Gasteiger charge is 2.07. The molecule has 1 aromatic heterocycles. The number of thiophene rings is 1. The van der Waals surface area contributed by atoms with Gasteiger partial charge in [-0.2, -0.15) is 0 Å². The van der Waals surface area contributed by atoms with E-state index in [4.69, 9.17) is 27.4 Å². The van der Waals surface area contributed by atoms with Crippen molar-refractivity contribution in [3.05, 3.63) is 51.7 Å². The summed E-state index contributed by atoms with van der Waals surface area (Å²) in [4.78, 5) is 1.68. The van der Waals surface area contributed by atoms with Crippen LogP contribution in [-0.4, -0.2) is 18.7 Å². The summed E-state index contributed by atoms with van der Waals surface area (Å²) in [6, 6.07) is 9.92. The van der Waals surface area contributed by atoms with Gasteiger partial charge in [0.15, 0.2) is 0 Å². The maximum atomic E-state index is 5.68. The van der Waals surface area contributed by atoms with Gasteiger partial charge in [-0.15, -0.1) is 11.3 Å². The third-order valence-electron chi connectivity index (χ3n) is 2.87. The predicted molar refractivity (Wildman–Crippen MR) is 86.6 cm³/mol. The lowest BCUT2D eigenvalue weighted by atomic mass is 10.1. The van der Waals surface area contributed by atoms with E-state index in [-0.39, 0.29) is 0 Å². The molecule has 2 N–H and O–H groups in total. The van der Waals surface area contributed by atoms with Crippen molar-refractivity contribution in [2.75, 3.05) is 13.7 Å². The van der Waals surface area contributed by atoms with Gasteiger partial charge in [-0.25, -0.2) is 0 Å². The van der Waals surface area contributed by atoms with Gasteiger partial charge in [0.2, 0.25) is 0 Å². The van der Waals surface area contributed by atoms with Crippen LogP contribution in [0.1, 0.15) is 16.0 Å². The van der Waals surface area contributed by atoms with Crippen LogP contribution in [0.4, 0.5) is 0 Å². The maximum absolute atomic E-state index is 5.68. The summed E-state index contributed by atoms with van der Waals surface area (Å²) >= 11 is 6.73. The summed E-state index contributed by atoms with van der Waals surface area (Å²) in [5.74, 6) is 0.692. The van der Waals surface area contributed by atoms with Gasteiger partial charge in [0.25, 0.3) is 0 Å². The molecule has 1 aromatic carbocycles. The van der Waals surface area contributed by atoms with Gasteiger partial charge < -0.3 is 15.2 Å². The standard InChI is InChI=1S/C15H17NO2S2/c1-17-14-9-11(4-5-13(14)15(16)19)10-18-7-6-12-3-2-8-20-12/h2-5,8-9H,6-7,10H2,1H3,(H2,16,19). The van der Waals surface area contributed by atoms with Crippen LogP contribution in [0.5, 0.6) is 5.75 Å². The number of thiocarbonyl (C=S) groups is 1. The van der Waals surface area contributed by atoms with Gasteiger partial charge in [-0.05, 0) is 29.1 Å². The molecule has 0 fully saturated rings. The Balaban J connectivity index is 1.88. The molecule has 3 nitrogen and oxygen atoms in total. The Morgan fingerprint density at radius 2 is 2.20 bits per heavy atom. The Bertz CT molecular complexity index is 567. The number of hydrogen-bond donors (Lipinski definition) is 1. The lowest BCUT2D eigenvalue weighted by Gasteiger charge is -2.10. The van der Waals surface area contributed by atoms with Gasteiger partial charge in [-0.3, -0.25) is 0 Å². The number of rotatable bonds is 7. The SMILES string of the molecule is COc1cc(COCCc2cccs2)ccc1C(N)=S. The molecule has 2 aromatic rings. The zero-order valence-electron chi connectivity index (χ0n) is 11.3. The van der Waals surface area contributed by atoms with Crippen molar-refractivity contribution in [3.63, 3.8) is 0 Å². The van der Waals surface area contributed by atoms with E-state index in [0.717, 1.165) is 17.5 Å². The van der Waals surface area contributed by atoms with E-state index in [0.29, 0.717) is 24.0 Å². The number of hydrogen-bond acceptors (Lipinski definition) is 4. The maximum Gasteiger partial charge on any atom is 0.129 e. The molecule has 2 rings (SSSR count). The summed E-state index contributed by atoms with van der Waals surface area (Å²) in [6.45, 7) is 1.26. The summed E-state index contributed by atoms with van der Waals surface area (Å²) < 4.78 is 11.0. The first kappa shape index (κ1) is 15.0. The van der Waals surface area contributed by atoms with Crippen molar-refractivity contribution < 1.29 is 9.47 Å². The average Bonchev–Trinajstić information content (AvgIpc) is 2.96. The first-order valence-electron chi connectivity index (χ1n) is 6.27. The molecule has 0 amide bonds. The molecule has 0 aliphatic carbocycles. The Hall–Kier alpha value is -1.43. The Kier molecular flexibility index (Phi) is 5.52. The molecule has 5 heteroatoms. The van der Waals surface area contributed by atoms with Crippen molar-refractivity contribution in [1.29, 1.82) is 0 Å². The highest BCUT2D eigenvalue weighted by molar-refractivity contribution is 7.80. The van der Waals surface area contributed by atoms with Gasteiger partial charge >= 0.3 is 0 Å². The molecule has 0 aliphatic heterocycles. The minimum atomic E-state index is 0.340. The highest BCUT2D eigenvalue weighted by atomic mass is 32.1. The van der Waals surface area contributed by atoms with Crippen LogP contribution < -0.4 is 10.5 Å². The molecular weight excluding hydrogens is 290 g/mol. The van der Waals surface area contributed by atoms with E-state index in [2.05, 4.69) is 17.5 Å². The summed E-state index contributed by atoms with van der Waals surface area (Å²) in [7, 11) is 1.61. The van der Waals surface area contributed by atoms with Crippen molar-refractivity contribution in [3.8, 4) is 5.75 Å². The zero-order valence-corrected chi connectivity index (χ0v) is 12.9. The van der Waals surface area contributed by atoms with Crippen LogP contribution in [0.15, 0.2) is 35.7 Å². The number of nitrogens with two attached hydrogens (primary N) is 1. The number of methoxy groups -OCH3 is 1. The zero-order chi connectivity index (χ0) is 14.4. The van der Waals surface area contributed by atoms with Crippen LogP contribution in [0, 0.1) is 0 Å².